The van der Waals surface area contributed by atoms with Gasteiger partial charge >= 0.3 is 11.9 Å². The summed E-state index contributed by atoms with van der Waals surface area (Å²) in [6.45, 7) is 1.84. The summed E-state index contributed by atoms with van der Waals surface area (Å²) in [6.07, 6.45) is 1.34. The van der Waals surface area contributed by atoms with Crippen LogP contribution < -0.4 is 4.72 Å². The first-order chi connectivity index (χ1) is 10.7. The molecule has 1 aromatic rings. The van der Waals surface area contributed by atoms with Gasteiger partial charge in [-0.3, -0.25) is 4.79 Å². The number of sulfonamides is 1. The van der Waals surface area contributed by atoms with Crippen LogP contribution in [-0.4, -0.2) is 38.6 Å². The summed E-state index contributed by atoms with van der Waals surface area (Å²) in [7, 11) is -3.16. The fraction of sp³-hybridized carbons (Fsp3) is 0.429. The van der Waals surface area contributed by atoms with Crippen LogP contribution in [0.15, 0.2) is 23.1 Å². The maximum atomic E-state index is 13.8. The molecule has 0 spiro atoms. The molecular formula is C14H18FNO6S. The highest BCUT2D eigenvalue weighted by Crippen LogP contribution is 2.17. The lowest BCUT2D eigenvalue weighted by Gasteiger charge is -2.14. The molecular weight excluding hydrogens is 329 g/mol. The Balaban J connectivity index is 3.06. The number of ether oxygens (including phenoxy) is 1. The van der Waals surface area contributed by atoms with Crippen molar-refractivity contribution >= 4 is 22.0 Å². The van der Waals surface area contributed by atoms with E-state index in [-0.39, 0.29) is 6.42 Å². The zero-order chi connectivity index (χ0) is 17.6. The van der Waals surface area contributed by atoms with E-state index in [0.29, 0.717) is 18.9 Å². The van der Waals surface area contributed by atoms with Crippen LogP contribution in [0, 0.1) is 5.82 Å². The monoisotopic (exact) mass is 347 g/mol. The molecule has 1 atom stereocenters. The van der Waals surface area contributed by atoms with Crippen molar-refractivity contribution in [3.05, 3.63) is 29.6 Å². The van der Waals surface area contributed by atoms with Gasteiger partial charge in [0.15, 0.2) is 0 Å². The molecule has 0 aliphatic carbocycles. The van der Waals surface area contributed by atoms with E-state index < -0.39 is 44.3 Å². The van der Waals surface area contributed by atoms with Crippen LogP contribution in [0.5, 0.6) is 0 Å². The maximum absolute atomic E-state index is 13.8. The van der Waals surface area contributed by atoms with E-state index >= 15 is 0 Å². The topological polar surface area (TPSA) is 110 Å². The number of methoxy groups -OCH3 is 1. The number of benzene rings is 1. The Kier molecular flexibility index (Phi) is 6.64. The van der Waals surface area contributed by atoms with Gasteiger partial charge in [0, 0.05) is 0 Å². The van der Waals surface area contributed by atoms with Crippen molar-refractivity contribution in [2.75, 3.05) is 7.11 Å². The van der Waals surface area contributed by atoms with Crippen LogP contribution in [0.3, 0.4) is 0 Å². The van der Waals surface area contributed by atoms with Crippen molar-refractivity contribution in [2.24, 2.45) is 0 Å². The third kappa shape index (κ3) is 5.00. The van der Waals surface area contributed by atoms with Crippen molar-refractivity contribution in [3.8, 4) is 0 Å². The second-order valence-corrected chi connectivity index (χ2v) is 6.50. The molecule has 0 radical (unpaired) electrons. The first kappa shape index (κ1) is 19.0. The van der Waals surface area contributed by atoms with Gasteiger partial charge in [-0.15, -0.1) is 0 Å². The first-order valence-electron chi connectivity index (χ1n) is 6.86. The fourth-order valence-corrected chi connectivity index (χ4v) is 3.07. The predicted molar refractivity (Wildman–Crippen MR) is 79.0 cm³/mol. The maximum Gasteiger partial charge on any atom is 0.340 e. The van der Waals surface area contributed by atoms with E-state index in [9.17, 15) is 22.4 Å². The molecule has 0 aliphatic heterocycles. The molecule has 0 aliphatic rings. The van der Waals surface area contributed by atoms with Crippen LogP contribution in [0.25, 0.3) is 0 Å². The molecule has 7 nitrogen and oxygen atoms in total. The normalized spacial score (nSPS) is 12.7. The van der Waals surface area contributed by atoms with Crippen LogP contribution in [-0.2, 0) is 19.6 Å². The second-order valence-electron chi connectivity index (χ2n) is 4.79. The third-order valence-corrected chi connectivity index (χ3v) is 4.57. The summed E-state index contributed by atoms with van der Waals surface area (Å²) >= 11 is 0. The van der Waals surface area contributed by atoms with Crippen molar-refractivity contribution in [2.45, 2.75) is 37.1 Å². The summed E-state index contributed by atoms with van der Waals surface area (Å²) in [4.78, 5) is 21.9. The van der Waals surface area contributed by atoms with Gasteiger partial charge in [-0.25, -0.2) is 17.6 Å². The number of halogens is 1. The molecule has 23 heavy (non-hydrogen) atoms. The SMILES string of the molecule is CCCC[C@H](NS(=O)(=O)c1ccc(C(=O)OC)c(F)c1)C(=O)O. The van der Waals surface area contributed by atoms with Crippen molar-refractivity contribution in [1.82, 2.24) is 4.72 Å². The van der Waals surface area contributed by atoms with Crippen molar-refractivity contribution in [1.29, 1.82) is 0 Å². The highest BCUT2D eigenvalue weighted by atomic mass is 32.2. The number of esters is 1. The summed E-state index contributed by atoms with van der Waals surface area (Å²) in [5.74, 6) is -3.32. The summed E-state index contributed by atoms with van der Waals surface area (Å²) < 4.78 is 44.5. The smallest absolute Gasteiger partial charge is 0.340 e. The second kappa shape index (κ2) is 8.02. The Morgan fingerprint density at radius 1 is 1.39 bits per heavy atom. The fourth-order valence-electron chi connectivity index (χ4n) is 1.83. The Labute approximate surface area is 133 Å². The lowest BCUT2D eigenvalue weighted by Crippen LogP contribution is -2.40. The van der Waals surface area contributed by atoms with Gasteiger partial charge in [0.1, 0.15) is 11.9 Å². The van der Waals surface area contributed by atoms with Crippen molar-refractivity contribution in [3.63, 3.8) is 0 Å². The minimum atomic E-state index is -4.23. The van der Waals surface area contributed by atoms with Crippen molar-refractivity contribution < 1.29 is 32.2 Å². The van der Waals surface area contributed by atoms with Gasteiger partial charge in [-0.05, 0) is 24.6 Å². The van der Waals surface area contributed by atoms with E-state index in [1.807, 2.05) is 11.6 Å². The highest BCUT2D eigenvalue weighted by molar-refractivity contribution is 7.89. The molecule has 0 aromatic heterocycles. The van der Waals surface area contributed by atoms with Gasteiger partial charge in [-0.1, -0.05) is 19.8 Å². The lowest BCUT2D eigenvalue weighted by molar-refractivity contribution is -0.139. The number of nitrogens with one attached hydrogen (secondary N) is 1. The largest absolute Gasteiger partial charge is 0.480 e. The van der Waals surface area contributed by atoms with Gasteiger partial charge in [0.05, 0.1) is 17.6 Å². The quantitative estimate of drug-likeness (QED) is 0.690. The van der Waals surface area contributed by atoms with Crippen LogP contribution in [0.1, 0.15) is 36.5 Å². The molecule has 2 N–H and O–H groups in total. The number of hydrogen-bond donors (Lipinski definition) is 2. The Morgan fingerprint density at radius 2 is 2.04 bits per heavy atom. The summed E-state index contributed by atoms with van der Waals surface area (Å²) in [6, 6.07) is 1.32. The highest BCUT2D eigenvalue weighted by Gasteiger charge is 2.26. The molecule has 9 heteroatoms. The lowest BCUT2D eigenvalue weighted by atomic mass is 10.1. The van der Waals surface area contributed by atoms with Crippen LogP contribution in [0.2, 0.25) is 0 Å². The number of aliphatic carboxylic acids is 1. The Hall–Kier alpha value is -2.00. The number of hydrogen-bond acceptors (Lipinski definition) is 5. The molecule has 0 bridgehead atoms. The van der Waals surface area contributed by atoms with Gasteiger partial charge in [0.2, 0.25) is 10.0 Å². The van der Waals surface area contributed by atoms with E-state index in [1.165, 1.54) is 0 Å². The average Bonchev–Trinajstić information content (AvgIpc) is 2.50. The van der Waals surface area contributed by atoms with Gasteiger partial charge < -0.3 is 9.84 Å². The number of carboxylic acid groups (broad SMARTS) is 1. The van der Waals surface area contributed by atoms with E-state index in [0.717, 1.165) is 19.2 Å². The molecule has 0 amide bonds. The standard InChI is InChI=1S/C14H18FNO6S/c1-3-4-5-12(13(17)18)16-23(20,21)9-6-7-10(11(15)8-9)14(19)22-2/h6-8,12,16H,3-5H2,1-2H3,(H,17,18)/t12-/m0/s1. The van der Waals surface area contributed by atoms with Crippen LogP contribution >= 0.6 is 0 Å². The third-order valence-electron chi connectivity index (χ3n) is 3.10. The van der Waals surface area contributed by atoms with Crippen LogP contribution in [0.4, 0.5) is 4.39 Å². The number of carboxylic acids is 1. The molecule has 0 heterocycles. The Morgan fingerprint density at radius 3 is 2.52 bits per heavy atom. The summed E-state index contributed by atoms with van der Waals surface area (Å²) in [5, 5.41) is 9.05. The number of unbranched alkanes of at least 4 members (excludes halogenated alkanes) is 1. The number of rotatable bonds is 8. The summed E-state index contributed by atoms with van der Waals surface area (Å²) in [5.41, 5.74) is -0.410. The molecule has 0 fully saturated rings. The molecule has 128 valence electrons. The molecule has 1 aromatic carbocycles. The number of carbonyl (C=O) groups excluding carboxylic acids is 1. The predicted octanol–water partition coefficient (Wildman–Crippen LogP) is 1.53. The molecule has 0 saturated heterocycles. The van der Waals surface area contributed by atoms with E-state index in [1.54, 1.807) is 0 Å². The molecule has 0 saturated carbocycles. The zero-order valence-electron chi connectivity index (χ0n) is 12.7. The minimum absolute atomic E-state index is 0.119. The first-order valence-corrected chi connectivity index (χ1v) is 8.34. The van der Waals surface area contributed by atoms with Gasteiger partial charge in [-0.2, -0.15) is 4.72 Å². The zero-order valence-corrected chi connectivity index (χ0v) is 13.5. The van der Waals surface area contributed by atoms with E-state index in [2.05, 4.69) is 4.74 Å². The average molecular weight is 347 g/mol. The molecule has 1 rings (SSSR count). The minimum Gasteiger partial charge on any atom is -0.480 e. The Bertz CT molecular complexity index is 689. The molecule has 0 unspecified atom stereocenters. The van der Waals surface area contributed by atoms with E-state index in [4.69, 9.17) is 5.11 Å². The van der Waals surface area contributed by atoms with Gasteiger partial charge in [0.25, 0.3) is 0 Å². The number of carbonyl (C=O) groups is 2.